The van der Waals surface area contributed by atoms with Gasteiger partial charge in [0, 0.05) is 19.3 Å². The van der Waals surface area contributed by atoms with Crippen molar-refractivity contribution in [2.24, 2.45) is 5.92 Å². The van der Waals surface area contributed by atoms with E-state index in [1.807, 2.05) is 4.90 Å². The van der Waals surface area contributed by atoms with E-state index in [2.05, 4.69) is 40.9 Å². The Balaban J connectivity index is 1.48. The number of ether oxygens (including phenoxy) is 1. The normalized spacial score (nSPS) is 14.8. The number of methoxy groups -OCH3 is 1. The van der Waals surface area contributed by atoms with Crippen LogP contribution >= 0.6 is 0 Å². The predicted octanol–water partition coefficient (Wildman–Crippen LogP) is 3.66. The topological polar surface area (TPSA) is 59.5 Å². The van der Waals surface area contributed by atoms with Gasteiger partial charge in [0.15, 0.2) is 0 Å². The molecule has 27 heavy (non-hydrogen) atoms. The van der Waals surface area contributed by atoms with Gasteiger partial charge in [0.05, 0.1) is 12.7 Å². The zero-order valence-corrected chi connectivity index (χ0v) is 16.0. The number of benzene rings is 1. The molecule has 1 aliphatic rings. The minimum atomic E-state index is -0.448. The summed E-state index contributed by atoms with van der Waals surface area (Å²) in [6, 6.07) is 11.9. The van der Waals surface area contributed by atoms with Gasteiger partial charge in [0.25, 0.3) is 5.91 Å². The Morgan fingerprint density at radius 2 is 1.81 bits per heavy atom. The van der Waals surface area contributed by atoms with Gasteiger partial charge in [-0.1, -0.05) is 29.8 Å². The number of carbonyl (C=O) groups is 2. The molecule has 0 N–H and O–H groups in total. The molecule has 0 bridgehead atoms. The van der Waals surface area contributed by atoms with Gasteiger partial charge in [-0.2, -0.15) is 0 Å². The maximum absolute atomic E-state index is 12.6. The summed E-state index contributed by atoms with van der Waals surface area (Å²) < 4.78 is 4.65. The van der Waals surface area contributed by atoms with E-state index in [1.54, 1.807) is 12.1 Å². The summed E-state index contributed by atoms with van der Waals surface area (Å²) >= 11 is 0. The van der Waals surface area contributed by atoms with E-state index < -0.39 is 5.97 Å². The first-order valence-corrected chi connectivity index (χ1v) is 9.46. The van der Waals surface area contributed by atoms with E-state index in [0.29, 0.717) is 17.2 Å². The Morgan fingerprint density at radius 1 is 1.11 bits per heavy atom. The highest BCUT2D eigenvalue weighted by atomic mass is 16.5. The number of hydrogen-bond acceptors (Lipinski definition) is 4. The molecule has 2 aromatic rings. The smallest absolute Gasteiger partial charge is 0.339 e. The van der Waals surface area contributed by atoms with Crippen molar-refractivity contribution in [3.8, 4) is 0 Å². The van der Waals surface area contributed by atoms with E-state index in [9.17, 15) is 9.59 Å². The summed E-state index contributed by atoms with van der Waals surface area (Å²) in [4.78, 5) is 30.1. The van der Waals surface area contributed by atoms with Crippen LogP contribution in [-0.2, 0) is 11.2 Å². The SMILES string of the molecule is COC(=O)c1ccc(C(=O)N2CCC(CCc3ccc(C)cc3)CC2)nc1. The number of likely N-dealkylation sites (tertiary alicyclic amines) is 1. The van der Waals surface area contributed by atoms with Crippen LogP contribution in [0.1, 0.15) is 51.2 Å². The molecule has 1 fully saturated rings. The van der Waals surface area contributed by atoms with Crippen LogP contribution in [0.25, 0.3) is 0 Å². The molecular weight excluding hydrogens is 340 g/mol. The van der Waals surface area contributed by atoms with Crippen LogP contribution in [0.15, 0.2) is 42.6 Å². The zero-order valence-electron chi connectivity index (χ0n) is 16.0. The highest BCUT2D eigenvalue weighted by Gasteiger charge is 2.24. The third-order valence-electron chi connectivity index (χ3n) is 5.27. The van der Waals surface area contributed by atoms with Gasteiger partial charge in [0.1, 0.15) is 5.69 Å². The number of carbonyl (C=O) groups excluding carboxylic acids is 2. The Bertz CT molecular complexity index is 776. The number of piperidine rings is 1. The quantitative estimate of drug-likeness (QED) is 0.758. The molecule has 1 amide bonds. The summed E-state index contributed by atoms with van der Waals surface area (Å²) in [6.07, 6.45) is 5.70. The van der Waals surface area contributed by atoms with Gasteiger partial charge in [-0.05, 0) is 56.2 Å². The van der Waals surface area contributed by atoms with Gasteiger partial charge < -0.3 is 9.64 Å². The predicted molar refractivity (Wildman–Crippen MR) is 104 cm³/mol. The van der Waals surface area contributed by atoms with Crippen molar-refractivity contribution in [1.29, 1.82) is 0 Å². The van der Waals surface area contributed by atoms with Crippen LogP contribution in [0.5, 0.6) is 0 Å². The Kier molecular flexibility index (Phi) is 6.22. The molecule has 2 heterocycles. The Hall–Kier alpha value is -2.69. The van der Waals surface area contributed by atoms with Crippen molar-refractivity contribution in [2.75, 3.05) is 20.2 Å². The molecule has 5 nitrogen and oxygen atoms in total. The van der Waals surface area contributed by atoms with E-state index in [0.717, 1.165) is 38.8 Å². The fraction of sp³-hybridized carbons (Fsp3) is 0.409. The zero-order chi connectivity index (χ0) is 19.2. The molecule has 142 valence electrons. The number of aromatic nitrogens is 1. The molecule has 5 heteroatoms. The monoisotopic (exact) mass is 366 g/mol. The summed E-state index contributed by atoms with van der Waals surface area (Å²) in [6.45, 7) is 3.63. The molecule has 0 spiro atoms. The van der Waals surface area contributed by atoms with Crippen LogP contribution in [0.3, 0.4) is 0 Å². The largest absolute Gasteiger partial charge is 0.465 e. The van der Waals surface area contributed by atoms with Gasteiger partial charge in [0.2, 0.25) is 0 Å². The van der Waals surface area contributed by atoms with Crippen molar-refractivity contribution < 1.29 is 14.3 Å². The van der Waals surface area contributed by atoms with Gasteiger partial charge in [-0.25, -0.2) is 4.79 Å². The number of rotatable bonds is 5. The number of esters is 1. The van der Waals surface area contributed by atoms with E-state index in [1.165, 1.54) is 24.4 Å². The highest BCUT2D eigenvalue weighted by Crippen LogP contribution is 2.23. The molecule has 0 atom stereocenters. The lowest BCUT2D eigenvalue weighted by molar-refractivity contribution is 0.0597. The fourth-order valence-corrected chi connectivity index (χ4v) is 3.47. The van der Waals surface area contributed by atoms with Crippen LogP contribution in [0.4, 0.5) is 0 Å². The number of hydrogen-bond donors (Lipinski definition) is 0. The van der Waals surface area contributed by atoms with E-state index >= 15 is 0 Å². The molecule has 0 unspecified atom stereocenters. The third kappa shape index (κ3) is 4.94. The first-order valence-electron chi connectivity index (χ1n) is 9.46. The minimum absolute atomic E-state index is 0.0663. The lowest BCUT2D eigenvalue weighted by atomic mass is 9.90. The Morgan fingerprint density at radius 3 is 2.41 bits per heavy atom. The standard InChI is InChI=1S/C22H26N2O3/c1-16-3-5-17(6-4-16)7-8-18-11-13-24(14-12-18)21(25)20-10-9-19(15-23-20)22(26)27-2/h3-6,9-10,15,18H,7-8,11-14H2,1-2H3. The van der Waals surface area contributed by atoms with Crippen molar-refractivity contribution >= 4 is 11.9 Å². The summed E-state index contributed by atoms with van der Waals surface area (Å²) in [5, 5.41) is 0. The first-order chi connectivity index (χ1) is 13.1. The van der Waals surface area contributed by atoms with Crippen molar-refractivity contribution in [3.63, 3.8) is 0 Å². The molecule has 1 aliphatic heterocycles. The number of aryl methyl sites for hydroxylation is 2. The fourth-order valence-electron chi connectivity index (χ4n) is 3.47. The van der Waals surface area contributed by atoms with Crippen LogP contribution in [-0.4, -0.2) is 42.0 Å². The third-order valence-corrected chi connectivity index (χ3v) is 5.27. The summed E-state index contributed by atoms with van der Waals surface area (Å²) in [5.41, 5.74) is 3.40. The number of amides is 1. The molecule has 1 saturated heterocycles. The number of nitrogens with zero attached hydrogens (tertiary/aromatic N) is 2. The molecule has 0 saturated carbocycles. The maximum atomic E-state index is 12.6. The van der Waals surface area contributed by atoms with Crippen LogP contribution < -0.4 is 0 Å². The molecule has 0 aliphatic carbocycles. The van der Waals surface area contributed by atoms with Crippen LogP contribution in [0.2, 0.25) is 0 Å². The van der Waals surface area contributed by atoms with Gasteiger partial charge in [-0.15, -0.1) is 0 Å². The second-order valence-corrected chi connectivity index (χ2v) is 7.18. The van der Waals surface area contributed by atoms with Gasteiger partial charge >= 0.3 is 5.97 Å². The van der Waals surface area contributed by atoms with Gasteiger partial charge in [-0.3, -0.25) is 9.78 Å². The summed E-state index contributed by atoms with van der Waals surface area (Å²) in [5.74, 6) is 0.143. The lowest BCUT2D eigenvalue weighted by Crippen LogP contribution is -2.39. The van der Waals surface area contributed by atoms with E-state index in [4.69, 9.17) is 0 Å². The molecule has 1 aromatic heterocycles. The number of pyridine rings is 1. The molecule has 0 radical (unpaired) electrons. The molecule has 1 aromatic carbocycles. The van der Waals surface area contributed by atoms with Crippen molar-refractivity contribution in [2.45, 2.75) is 32.6 Å². The van der Waals surface area contributed by atoms with E-state index in [-0.39, 0.29) is 5.91 Å². The highest BCUT2D eigenvalue weighted by molar-refractivity contribution is 5.94. The first kappa shape index (κ1) is 19.1. The average molecular weight is 366 g/mol. The summed E-state index contributed by atoms with van der Waals surface area (Å²) in [7, 11) is 1.32. The van der Waals surface area contributed by atoms with Crippen molar-refractivity contribution in [1.82, 2.24) is 9.88 Å². The van der Waals surface area contributed by atoms with Crippen LogP contribution in [0, 0.1) is 12.8 Å². The molecular formula is C22H26N2O3. The minimum Gasteiger partial charge on any atom is -0.465 e. The van der Waals surface area contributed by atoms with Crippen molar-refractivity contribution in [3.05, 3.63) is 65.0 Å². The average Bonchev–Trinajstić information content (AvgIpc) is 2.73. The Labute approximate surface area is 160 Å². The second-order valence-electron chi connectivity index (χ2n) is 7.18. The lowest BCUT2D eigenvalue weighted by Gasteiger charge is -2.32. The second kappa shape index (κ2) is 8.80. The molecule has 3 rings (SSSR count). The maximum Gasteiger partial charge on any atom is 0.339 e.